The SMILES string of the molecule is CC(C)(C)CN1CC(C2CCCNC2)OC1=O. The second kappa shape index (κ2) is 4.84. The standard InChI is InChI=1S/C13H24N2O2/c1-13(2,3)9-15-8-11(17-12(15)16)10-5-4-6-14-7-10/h10-11,14H,4-9H2,1-3H3. The summed E-state index contributed by atoms with van der Waals surface area (Å²) >= 11 is 0. The average Bonchev–Trinajstić information content (AvgIpc) is 2.59. The Labute approximate surface area is 104 Å². The van der Waals surface area contributed by atoms with Crippen molar-refractivity contribution in [3.8, 4) is 0 Å². The van der Waals surface area contributed by atoms with Crippen LogP contribution in [0.2, 0.25) is 0 Å². The van der Waals surface area contributed by atoms with E-state index in [0.717, 1.165) is 26.2 Å². The van der Waals surface area contributed by atoms with Crippen molar-refractivity contribution in [3.63, 3.8) is 0 Å². The summed E-state index contributed by atoms with van der Waals surface area (Å²) in [6, 6.07) is 0. The molecule has 98 valence electrons. The minimum absolute atomic E-state index is 0.0950. The first-order chi connectivity index (χ1) is 7.96. The van der Waals surface area contributed by atoms with Gasteiger partial charge < -0.3 is 15.0 Å². The molecule has 2 saturated heterocycles. The number of hydrogen-bond donors (Lipinski definition) is 1. The van der Waals surface area contributed by atoms with Crippen LogP contribution in [0.15, 0.2) is 0 Å². The van der Waals surface area contributed by atoms with E-state index < -0.39 is 0 Å². The third-order valence-corrected chi connectivity index (χ3v) is 3.44. The molecule has 2 aliphatic rings. The maximum atomic E-state index is 11.8. The van der Waals surface area contributed by atoms with Gasteiger partial charge in [-0.1, -0.05) is 20.8 Å². The lowest BCUT2D eigenvalue weighted by atomic mass is 9.93. The van der Waals surface area contributed by atoms with E-state index >= 15 is 0 Å². The molecule has 2 heterocycles. The first-order valence-electron chi connectivity index (χ1n) is 6.62. The number of rotatable bonds is 2. The Morgan fingerprint density at radius 2 is 2.24 bits per heavy atom. The van der Waals surface area contributed by atoms with Crippen molar-refractivity contribution in [3.05, 3.63) is 0 Å². The van der Waals surface area contributed by atoms with Crippen LogP contribution in [0.4, 0.5) is 4.79 Å². The van der Waals surface area contributed by atoms with Crippen LogP contribution >= 0.6 is 0 Å². The van der Waals surface area contributed by atoms with Gasteiger partial charge in [-0.05, 0) is 24.8 Å². The summed E-state index contributed by atoms with van der Waals surface area (Å²) in [4.78, 5) is 13.6. The molecule has 2 atom stereocenters. The van der Waals surface area contributed by atoms with Gasteiger partial charge in [0.25, 0.3) is 0 Å². The lowest BCUT2D eigenvalue weighted by molar-refractivity contribution is 0.0921. The molecule has 1 amide bonds. The van der Waals surface area contributed by atoms with Gasteiger partial charge in [0, 0.05) is 19.0 Å². The molecule has 2 rings (SSSR count). The molecule has 4 nitrogen and oxygen atoms in total. The molecule has 0 aromatic rings. The van der Waals surface area contributed by atoms with Crippen LogP contribution in [0.1, 0.15) is 33.6 Å². The summed E-state index contributed by atoms with van der Waals surface area (Å²) in [5.74, 6) is 0.498. The molecule has 1 N–H and O–H groups in total. The van der Waals surface area contributed by atoms with E-state index in [0.29, 0.717) is 5.92 Å². The Kier molecular flexibility index (Phi) is 3.61. The Morgan fingerprint density at radius 3 is 2.82 bits per heavy atom. The van der Waals surface area contributed by atoms with Crippen LogP contribution in [0.25, 0.3) is 0 Å². The van der Waals surface area contributed by atoms with Gasteiger partial charge in [-0.25, -0.2) is 4.79 Å². The first kappa shape index (κ1) is 12.7. The van der Waals surface area contributed by atoms with E-state index in [1.807, 2.05) is 4.90 Å². The van der Waals surface area contributed by atoms with E-state index in [9.17, 15) is 4.79 Å². The molecule has 2 aliphatic heterocycles. The molecular weight excluding hydrogens is 216 g/mol. The molecule has 0 saturated carbocycles. The van der Waals surface area contributed by atoms with Crippen LogP contribution in [0.3, 0.4) is 0 Å². The van der Waals surface area contributed by atoms with Crippen molar-refractivity contribution >= 4 is 6.09 Å². The number of nitrogens with one attached hydrogen (secondary N) is 1. The maximum Gasteiger partial charge on any atom is 0.410 e. The fourth-order valence-corrected chi connectivity index (χ4v) is 2.68. The van der Waals surface area contributed by atoms with Crippen molar-refractivity contribution < 1.29 is 9.53 Å². The molecule has 0 bridgehead atoms. The third-order valence-electron chi connectivity index (χ3n) is 3.44. The summed E-state index contributed by atoms with van der Waals surface area (Å²) in [5.41, 5.74) is 0.138. The highest BCUT2D eigenvalue weighted by atomic mass is 16.6. The first-order valence-corrected chi connectivity index (χ1v) is 6.62. The monoisotopic (exact) mass is 240 g/mol. The Hall–Kier alpha value is -0.770. The minimum Gasteiger partial charge on any atom is -0.444 e. The van der Waals surface area contributed by atoms with Crippen LogP contribution in [-0.2, 0) is 4.74 Å². The van der Waals surface area contributed by atoms with Gasteiger partial charge in [-0.3, -0.25) is 0 Å². The Morgan fingerprint density at radius 1 is 1.47 bits per heavy atom. The van der Waals surface area contributed by atoms with Crippen molar-refractivity contribution in [1.29, 1.82) is 0 Å². The molecule has 0 aromatic heterocycles. The largest absolute Gasteiger partial charge is 0.444 e. The Bertz CT molecular complexity index is 280. The summed E-state index contributed by atoms with van der Waals surface area (Å²) in [6.07, 6.45) is 2.33. The highest BCUT2D eigenvalue weighted by molar-refractivity contribution is 5.70. The highest BCUT2D eigenvalue weighted by Crippen LogP contribution is 2.26. The molecule has 0 radical (unpaired) electrons. The zero-order chi connectivity index (χ0) is 12.5. The molecule has 2 fully saturated rings. The molecule has 17 heavy (non-hydrogen) atoms. The predicted molar refractivity (Wildman–Crippen MR) is 66.9 cm³/mol. The van der Waals surface area contributed by atoms with Gasteiger partial charge in [0.2, 0.25) is 0 Å². The van der Waals surface area contributed by atoms with Gasteiger partial charge in [0.15, 0.2) is 0 Å². The lowest BCUT2D eigenvalue weighted by Gasteiger charge is -2.27. The van der Waals surface area contributed by atoms with Crippen LogP contribution < -0.4 is 5.32 Å². The van der Waals surface area contributed by atoms with Gasteiger partial charge in [0.05, 0.1) is 6.54 Å². The zero-order valence-electron chi connectivity index (χ0n) is 11.2. The van der Waals surface area contributed by atoms with E-state index in [4.69, 9.17) is 4.74 Å². The summed E-state index contributed by atoms with van der Waals surface area (Å²) in [7, 11) is 0. The number of carbonyl (C=O) groups excluding carboxylic acids is 1. The molecule has 0 aromatic carbocycles. The highest BCUT2D eigenvalue weighted by Gasteiger charge is 2.38. The van der Waals surface area contributed by atoms with E-state index in [-0.39, 0.29) is 17.6 Å². The lowest BCUT2D eigenvalue weighted by Crippen LogP contribution is -2.39. The number of cyclic esters (lactones) is 1. The smallest absolute Gasteiger partial charge is 0.410 e. The number of hydrogen-bond acceptors (Lipinski definition) is 3. The van der Waals surface area contributed by atoms with Crippen molar-refractivity contribution in [2.45, 2.75) is 39.7 Å². The molecule has 0 spiro atoms. The Balaban J connectivity index is 1.90. The van der Waals surface area contributed by atoms with Crippen LogP contribution in [0.5, 0.6) is 0 Å². The maximum absolute atomic E-state index is 11.8. The van der Waals surface area contributed by atoms with Crippen molar-refractivity contribution in [2.24, 2.45) is 11.3 Å². The number of nitrogens with zero attached hydrogens (tertiary/aromatic N) is 1. The topological polar surface area (TPSA) is 41.6 Å². The molecule has 0 aliphatic carbocycles. The van der Waals surface area contributed by atoms with Gasteiger partial charge in [0.1, 0.15) is 6.10 Å². The van der Waals surface area contributed by atoms with Crippen LogP contribution in [-0.4, -0.2) is 43.3 Å². The van der Waals surface area contributed by atoms with Gasteiger partial charge in [-0.15, -0.1) is 0 Å². The van der Waals surface area contributed by atoms with Crippen LogP contribution in [0, 0.1) is 11.3 Å². The summed E-state index contributed by atoms with van der Waals surface area (Å²) < 4.78 is 5.51. The number of piperidine rings is 1. The zero-order valence-corrected chi connectivity index (χ0v) is 11.2. The fraction of sp³-hybridized carbons (Fsp3) is 0.923. The molecule has 2 unspecified atom stereocenters. The fourth-order valence-electron chi connectivity index (χ4n) is 2.68. The number of carbonyl (C=O) groups is 1. The number of amides is 1. The average molecular weight is 240 g/mol. The van der Waals surface area contributed by atoms with Gasteiger partial charge in [-0.2, -0.15) is 0 Å². The second-order valence-electron chi connectivity index (χ2n) is 6.47. The number of ether oxygens (including phenoxy) is 1. The van der Waals surface area contributed by atoms with E-state index in [1.54, 1.807) is 0 Å². The predicted octanol–water partition coefficient (Wildman–Crippen LogP) is 1.85. The minimum atomic E-state index is -0.129. The van der Waals surface area contributed by atoms with Crippen molar-refractivity contribution in [1.82, 2.24) is 10.2 Å². The normalized spacial score (nSPS) is 30.5. The quantitative estimate of drug-likeness (QED) is 0.801. The summed E-state index contributed by atoms with van der Waals surface area (Å²) in [5, 5.41) is 3.38. The molecule has 4 heteroatoms. The van der Waals surface area contributed by atoms with Gasteiger partial charge >= 0.3 is 6.09 Å². The summed E-state index contributed by atoms with van der Waals surface area (Å²) in [6.45, 7) is 10.1. The molecular formula is C13H24N2O2. The third kappa shape index (κ3) is 3.35. The van der Waals surface area contributed by atoms with Crippen molar-refractivity contribution in [2.75, 3.05) is 26.2 Å². The van der Waals surface area contributed by atoms with E-state index in [2.05, 4.69) is 26.1 Å². The van der Waals surface area contributed by atoms with E-state index in [1.165, 1.54) is 12.8 Å². The second-order valence-corrected chi connectivity index (χ2v) is 6.47.